The van der Waals surface area contributed by atoms with Crippen LogP contribution in [0.15, 0.2) is 24.3 Å². The van der Waals surface area contributed by atoms with Crippen LogP contribution in [0.2, 0.25) is 0 Å². The molecule has 1 aliphatic rings. The maximum Gasteiger partial charge on any atom is 0.123 e. The number of methoxy groups -OCH3 is 2. The van der Waals surface area contributed by atoms with Crippen molar-refractivity contribution in [3.05, 3.63) is 29.8 Å². The van der Waals surface area contributed by atoms with Gasteiger partial charge in [-0.3, -0.25) is 0 Å². The third-order valence-electron chi connectivity index (χ3n) is 2.83. The Morgan fingerprint density at radius 1 is 1.12 bits per heavy atom. The van der Waals surface area contributed by atoms with Gasteiger partial charge in [-0.2, -0.15) is 0 Å². The fourth-order valence-electron chi connectivity index (χ4n) is 1.94. The maximum atomic E-state index is 9.48. The Hall–Kier alpha value is -1.48. The Kier molecular flexibility index (Phi) is 3.15. The van der Waals surface area contributed by atoms with E-state index in [1.807, 2.05) is 24.3 Å². The summed E-state index contributed by atoms with van der Waals surface area (Å²) in [6.07, 6.45) is 3.28. The number of benzene rings is 1. The van der Waals surface area contributed by atoms with Crippen molar-refractivity contribution in [2.24, 2.45) is 0 Å². The second-order valence-electron chi connectivity index (χ2n) is 3.90. The monoisotopic (exact) mass is 220 g/mol. The van der Waals surface area contributed by atoms with Gasteiger partial charge in [0.05, 0.1) is 20.3 Å². The summed E-state index contributed by atoms with van der Waals surface area (Å²) in [5.74, 6) is 1.55. The zero-order valence-corrected chi connectivity index (χ0v) is 9.56. The van der Waals surface area contributed by atoms with Crippen LogP contribution >= 0.6 is 0 Å². The Morgan fingerprint density at radius 2 is 1.75 bits per heavy atom. The van der Waals surface area contributed by atoms with Crippen molar-refractivity contribution in [2.75, 3.05) is 14.2 Å². The van der Waals surface area contributed by atoms with E-state index in [-0.39, 0.29) is 6.10 Å². The Labute approximate surface area is 95.3 Å². The van der Waals surface area contributed by atoms with Crippen LogP contribution in [0.1, 0.15) is 18.4 Å². The van der Waals surface area contributed by atoms with Gasteiger partial charge in [0.1, 0.15) is 11.5 Å². The summed E-state index contributed by atoms with van der Waals surface area (Å²) in [6.45, 7) is 0. The Balaban J connectivity index is 2.36. The standard InChI is InChI=1S/C13H16O3/c1-15-12-6-10(7-13(8-12)16-2)9-3-4-11(14)5-9/h5-8,11,14H,3-4H2,1-2H3. The first-order valence-electron chi connectivity index (χ1n) is 5.35. The molecule has 0 aliphatic heterocycles. The van der Waals surface area contributed by atoms with Gasteiger partial charge in [-0.15, -0.1) is 0 Å². The number of hydrogen-bond donors (Lipinski definition) is 1. The first-order valence-corrected chi connectivity index (χ1v) is 5.35. The summed E-state index contributed by atoms with van der Waals surface area (Å²) in [6, 6.07) is 5.77. The van der Waals surface area contributed by atoms with Crippen LogP contribution in [0, 0.1) is 0 Å². The molecule has 86 valence electrons. The molecule has 3 nitrogen and oxygen atoms in total. The molecule has 1 atom stereocenters. The fraction of sp³-hybridized carbons (Fsp3) is 0.385. The lowest BCUT2D eigenvalue weighted by atomic mass is 10.0. The molecule has 1 unspecified atom stereocenters. The number of aliphatic hydroxyl groups excluding tert-OH is 1. The highest BCUT2D eigenvalue weighted by atomic mass is 16.5. The zero-order valence-electron chi connectivity index (χ0n) is 9.56. The molecular weight excluding hydrogens is 204 g/mol. The minimum Gasteiger partial charge on any atom is -0.497 e. The van der Waals surface area contributed by atoms with E-state index in [1.54, 1.807) is 14.2 Å². The summed E-state index contributed by atoms with van der Waals surface area (Å²) < 4.78 is 10.4. The average Bonchev–Trinajstić information content (AvgIpc) is 2.75. The molecule has 1 N–H and O–H groups in total. The Morgan fingerprint density at radius 3 is 2.19 bits per heavy atom. The van der Waals surface area contributed by atoms with Crippen molar-refractivity contribution in [3.8, 4) is 11.5 Å². The molecule has 0 spiro atoms. The van der Waals surface area contributed by atoms with Crippen LogP contribution in [0.25, 0.3) is 5.57 Å². The lowest BCUT2D eigenvalue weighted by molar-refractivity contribution is 0.223. The highest BCUT2D eigenvalue weighted by Gasteiger charge is 2.15. The van der Waals surface area contributed by atoms with Gasteiger partial charge in [-0.25, -0.2) is 0 Å². The third-order valence-corrected chi connectivity index (χ3v) is 2.83. The summed E-state index contributed by atoms with van der Waals surface area (Å²) >= 11 is 0. The number of hydrogen-bond acceptors (Lipinski definition) is 3. The lowest BCUT2D eigenvalue weighted by Gasteiger charge is -2.08. The molecule has 2 rings (SSSR count). The molecule has 3 heteroatoms. The van der Waals surface area contributed by atoms with E-state index < -0.39 is 0 Å². The summed E-state index contributed by atoms with van der Waals surface area (Å²) in [5, 5.41) is 9.48. The molecule has 0 heterocycles. The van der Waals surface area contributed by atoms with Crippen LogP contribution in [-0.2, 0) is 0 Å². The van der Waals surface area contributed by atoms with E-state index in [2.05, 4.69) is 0 Å². The van der Waals surface area contributed by atoms with Gasteiger partial charge in [0.25, 0.3) is 0 Å². The predicted octanol–water partition coefficient (Wildman–Crippen LogP) is 2.24. The van der Waals surface area contributed by atoms with Gasteiger partial charge < -0.3 is 14.6 Å². The third kappa shape index (κ3) is 2.19. The first kappa shape index (κ1) is 11.0. The quantitative estimate of drug-likeness (QED) is 0.849. The van der Waals surface area contributed by atoms with Crippen molar-refractivity contribution in [1.82, 2.24) is 0 Å². The minimum absolute atomic E-state index is 0.313. The molecule has 1 aromatic carbocycles. The van der Waals surface area contributed by atoms with Crippen LogP contribution in [-0.4, -0.2) is 25.4 Å². The summed E-state index contributed by atoms with van der Waals surface area (Å²) in [5.41, 5.74) is 2.22. The molecule has 1 aromatic rings. The van der Waals surface area contributed by atoms with Gasteiger partial charge in [-0.05, 0) is 36.1 Å². The largest absolute Gasteiger partial charge is 0.497 e. The van der Waals surface area contributed by atoms with Crippen LogP contribution in [0.4, 0.5) is 0 Å². The van der Waals surface area contributed by atoms with Crippen LogP contribution in [0.3, 0.4) is 0 Å². The molecule has 16 heavy (non-hydrogen) atoms. The molecule has 0 fully saturated rings. The minimum atomic E-state index is -0.313. The molecule has 0 saturated carbocycles. The highest BCUT2D eigenvalue weighted by molar-refractivity contribution is 5.70. The van der Waals surface area contributed by atoms with Gasteiger partial charge in [0.15, 0.2) is 0 Å². The van der Waals surface area contributed by atoms with Gasteiger partial charge in [0.2, 0.25) is 0 Å². The second kappa shape index (κ2) is 4.58. The SMILES string of the molecule is COc1cc(OC)cc(C2=CC(O)CC2)c1. The second-order valence-corrected chi connectivity index (χ2v) is 3.90. The number of aliphatic hydroxyl groups is 1. The molecule has 0 amide bonds. The fourth-order valence-corrected chi connectivity index (χ4v) is 1.94. The van der Waals surface area contributed by atoms with E-state index in [0.29, 0.717) is 0 Å². The van der Waals surface area contributed by atoms with Gasteiger partial charge in [0, 0.05) is 6.07 Å². The lowest BCUT2D eigenvalue weighted by Crippen LogP contribution is -1.93. The number of allylic oxidation sites excluding steroid dienone is 1. The molecule has 0 saturated heterocycles. The molecular formula is C13H16O3. The van der Waals surface area contributed by atoms with E-state index in [9.17, 15) is 5.11 Å². The van der Waals surface area contributed by atoms with Crippen molar-refractivity contribution >= 4 is 5.57 Å². The summed E-state index contributed by atoms with van der Waals surface area (Å²) in [4.78, 5) is 0. The number of rotatable bonds is 3. The first-order chi connectivity index (χ1) is 7.72. The summed E-state index contributed by atoms with van der Waals surface area (Å²) in [7, 11) is 3.27. The van der Waals surface area contributed by atoms with Gasteiger partial charge >= 0.3 is 0 Å². The zero-order chi connectivity index (χ0) is 11.5. The number of ether oxygens (including phenoxy) is 2. The van der Waals surface area contributed by atoms with Crippen LogP contribution < -0.4 is 9.47 Å². The smallest absolute Gasteiger partial charge is 0.123 e. The molecule has 1 aliphatic carbocycles. The van der Waals surface area contributed by atoms with Crippen molar-refractivity contribution in [2.45, 2.75) is 18.9 Å². The topological polar surface area (TPSA) is 38.7 Å². The molecule has 0 bridgehead atoms. The average molecular weight is 220 g/mol. The highest BCUT2D eigenvalue weighted by Crippen LogP contribution is 2.32. The van der Waals surface area contributed by atoms with Crippen LogP contribution in [0.5, 0.6) is 11.5 Å². The predicted molar refractivity (Wildman–Crippen MR) is 62.8 cm³/mol. The van der Waals surface area contributed by atoms with E-state index >= 15 is 0 Å². The normalized spacial score (nSPS) is 19.4. The molecule has 0 aromatic heterocycles. The maximum absolute atomic E-state index is 9.48. The Bertz CT molecular complexity index is 387. The van der Waals surface area contributed by atoms with Crippen molar-refractivity contribution < 1.29 is 14.6 Å². The van der Waals surface area contributed by atoms with Crippen molar-refractivity contribution in [3.63, 3.8) is 0 Å². The molecule has 0 radical (unpaired) electrons. The van der Waals surface area contributed by atoms with E-state index in [1.165, 1.54) is 0 Å². The van der Waals surface area contributed by atoms with Gasteiger partial charge in [-0.1, -0.05) is 6.08 Å². The van der Waals surface area contributed by atoms with E-state index in [4.69, 9.17) is 9.47 Å². The van der Waals surface area contributed by atoms with E-state index in [0.717, 1.165) is 35.5 Å². The van der Waals surface area contributed by atoms with Crippen molar-refractivity contribution in [1.29, 1.82) is 0 Å².